The predicted molar refractivity (Wildman–Crippen MR) is 258 cm³/mol. The van der Waals surface area contributed by atoms with Gasteiger partial charge in [0.1, 0.15) is 0 Å². The van der Waals surface area contributed by atoms with Gasteiger partial charge < -0.3 is 13.7 Å². The van der Waals surface area contributed by atoms with Crippen LogP contribution in [0.5, 0.6) is 0 Å². The average Bonchev–Trinajstić information content (AvgIpc) is 3.96. The summed E-state index contributed by atoms with van der Waals surface area (Å²) < 4.78 is 7.31. The van der Waals surface area contributed by atoms with Crippen molar-refractivity contribution in [1.82, 2.24) is 13.7 Å². The van der Waals surface area contributed by atoms with Crippen LogP contribution in [0.1, 0.15) is 0 Å². The molecule has 3 heterocycles. The van der Waals surface area contributed by atoms with Crippen LogP contribution in [-0.2, 0) is 0 Å². The second-order valence-corrected chi connectivity index (χ2v) is 16.2. The summed E-state index contributed by atoms with van der Waals surface area (Å²) in [6, 6.07) is 82.3. The molecular formula is C58H37N3. The van der Waals surface area contributed by atoms with Gasteiger partial charge in [0.15, 0.2) is 0 Å². The summed E-state index contributed by atoms with van der Waals surface area (Å²) in [5.41, 5.74) is 15.5. The molecule has 61 heavy (non-hydrogen) atoms. The van der Waals surface area contributed by atoms with E-state index in [1.54, 1.807) is 0 Å². The Kier molecular flexibility index (Phi) is 7.31. The molecule has 3 aromatic heterocycles. The highest BCUT2D eigenvalue weighted by Gasteiger charge is 2.20. The number of rotatable bonds is 5. The van der Waals surface area contributed by atoms with Gasteiger partial charge in [-0.05, 0) is 118 Å². The van der Waals surface area contributed by atoms with Crippen molar-refractivity contribution >= 4 is 76.2 Å². The Morgan fingerprint density at radius 2 is 0.639 bits per heavy atom. The van der Waals surface area contributed by atoms with Crippen LogP contribution in [0, 0.1) is 0 Å². The molecule has 13 rings (SSSR count). The molecule has 10 aromatic carbocycles. The second kappa shape index (κ2) is 13.2. The van der Waals surface area contributed by atoms with Crippen molar-refractivity contribution in [2.45, 2.75) is 0 Å². The lowest BCUT2D eigenvalue weighted by Crippen LogP contribution is -1.95. The van der Waals surface area contributed by atoms with Crippen LogP contribution in [0.2, 0.25) is 0 Å². The molecule has 13 aromatic rings. The first-order valence-corrected chi connectivity index (χ1v) is 21.0. The third-order valence-corrected chi connectivity index (χ3v) is 12.8. The van der Waals surface area contributed by atoms with Crippen LogP contribution in [0.15, 0.2) is 224 Å². The van der Waals surface area contributed by atoms with Crippen molar-refractivity contribution in [3.05, 3.63) is 224 Å². The molecule has 0 radical (unpaired) electrons. The highest BCUT2D eigenvalue weighted by Crippen LogP contribution is 2.42. The van der Waals surface area contributed by atoms with Crippen molar-refractivity contribution in [2.75, 3.05) is 0 Å². The molecule has 3 heteroatoms. The van der Waals surface area contributed by atoms with Crippen LogP contribution in [0.25, 0.3) is 116 Å². The lowest BCUT2D eigenvalue weighted by molar-refractivity contribution is 1.18. The quantitative estimate of drug-likeness (QED) is 0.165. The first-order valence-electron chi connectivity index (χ1n) is 21.0. The van der Waals surface area contributed by atoms with Gasteiger partial charge in [0.2, 0.25) is 0 Å². The van der Waals surface area contributed by atoms with E-state index in [1.165, 1.54) is 98.4 Å². The molecule has 3 nitrogen and oxygen atoms in total. The van der Waals surface area contributed by atoms with Crippen LogP contribution in [0.4, 0.5) is 0 Å². The number of benzene rings is 10. The van der Waals surface area contributed by atoms with Crippen LogP contribution < -0.4 is 0 Å². The zero-order chi connectivity index (χ0) is 40.0. The zero-order valence-electron chi connectivity index (χ0n) is 33.2. The van der Waals surface area contributed by atoms with Crippen molar-refractivity contribution in [2.24, 2.45) is 0 Å². The lowest BCUT2D eigenvalue weighted by atomic mass is 10.00. The third-order valence-electron chi connectivity index (χ3n) is 12.8. The number of fused-ring (bicyclic) bond motifs is 10. The molecule has 0 aliphatic carbocycles. The van der Waals surface area contributed by atoms with Gasteiger partial charge in [0.25, 0.3) is 0 Å². The minimum absolute atomic E-state index is 1.16. The van der Waals surface area contributed by atoms with Gasteiger partial charge in [-0.2, -0.15) is 0 Å². The van der Waals surface area contributed by atoms with Crippen molar-refractivity contribution in [3.63, 3.8) is 0 Å². The molecule has 0 aliphatic rings. The van der Waals surface area contributed by atoms with E-state index in [2.05, 4.69) is 238 Å². The number of hydrogen-bond acceptors (Lipinski definition) is 0. The summed E-state index contributed by atoms with van der Waals surface area (Å²) in [7, 11) is 0. The van der Waals surface area contributed by atoms with Gasteiger partial charge >= 0.3 is 0 Å². The fourth-order valence-corrected chi connectivity index (χ4v) is 10.00. The summed E-state index contributed by atoms with van der Waals surface area (Å²) in [6.45, 7) is 0. The summed E-state index contributed by atoms with van der Waals surface area (Å²) in [5, 5.41) is 9.91. The fraction of sp³-hybridized carbons (Fsp3) is 0. The minimum Gasteiger partial charge on any atom is -0.309 e. The fourth-order valence-electron chi connectivity index (χ4n) is 10.00. The molecule has 0 unspecified atom stereocenters. The normalized spacial score (nSPS) is 11.9. The van der Waals surface area contributed by atoms with Gasteiger partial charge in [-0.3, -0.25) is 0 Å². The Bertz CT molecular complexity index is 3860. The lowest BCUT2D eigenvalue weighted by Gasteiger charge is -2.11. The maximum absolute atomic E-state index is 2.47. The van der Waals surface area contributed by atoms with Gasteiger partial charge in [0, 0.05) is 49.4 Å². The van der Waals surface area contributed by atoms with Crippen molar-refractivity contribution in [3.8, 4) is 39.3 Å². The number of hydrogen-bond donors (Lipinski definition) is 0. The molecule has 0 aliphatic heterocycles. The molecule has 0 atom stereocenters. The van der Waals surface area contributed by atoms with Crippen LogP contribution in [-0.4, -0.2) is 13.7 Å². The molecule has 284 valence electrons. The Morgan fingerprint density at radius 3 is 1.33 bits per heavy atom. The maximum atomic E-state index is 2.47. The van der Waals surface area contributed by atoms with Gasteiger partial charge in [-0.1, -0.05) is 140 Å². The molecule has 0 N–H and O–H groups in total. The van der Waals surface area contributed by atoms with E-state index in [4.69, 9.17) is 0 Å². The highest BCUT2D eigenvalue weighted by atomic mass is 15.0. The van der Waals surface area contributed by atoms with Crippen molar-refractivity contribution < 1.29 is 0 Å². The molecule has 0 saturated carbocycles. The van der Waals surface area contributed by atoms with Crippen LogP contribution >= 0.6 is 0 Å². The third kappa shape index (κ3) is 5.17. The summed E-state index contributed by atoms with van der Waals surface area (Å²) in [5.74, 6) is 0. The average molecular weight is 776 g/mol. The largest absolute Gasteiger partial charge is 0.309 e. The van der Waals surface area contributed by atoms with E-state index in [0.29, 0.717) is 0 Å². The van der Waals surface area contributed by atoms with E-state index in [9.17, 15) is 0 Å². The summed E-state index contributed by atoms with van der Waals surface area (Å²) in [6.07, 6.45) is 0. The Labute approximate surface area is 352 Å². The van der Waals surface area contributed by atoms with Gasteiger partial charge in [0.05, 0.1) is 33.1 Å². The first-order chi connectivity index (χ1) is 30.2. The smallest absolute Gasteiger partial charge is 0.0548 e. The Balaban J connectivity index is 1.05. The van der Waals surface area contributed by atoms with E-state index >= 15 is 0 Å². The molecular weight excluding hydrogens is 739 g/mol. The highest BCUT2D eigenvalue weighted by molar-refractivity contribution is 6.20. The van der Waals surface area contributed by atoms with Gasteiger partial charge in [-0.25, -0.2) is 0 Å². The number of aromatic nitrogens is 3. The monoisotopic (exact) mass is 775 g/mol. The first kappa shape index (κ1) is 33.8. The van der Waals surface area contributed by atoms with E-state index in [1.807, 2.05) is 0 Å². The van der Waals surface area contributed by atoms with Gasteiger partial charge in [-0.15, -0.1) is 0 Å². The Morgan fingerprint density at radius 1 is 0.197 bits per heavy atom. The Hall–Kier alpha value is -8.14. The molecule has 0 amide bonds. The molecule has 0 bridgehead atoms. The van der Waals surface area contributed by atoms with E-state index in [-0.39, 0.29) is 0 Å². The predicted octanol–water partition coefficient (Wildman–Crippen LogP) is 15.5. The van der Waals surface area contributed by atoms with E-state index < -0.39 is 0 Å². The minimum atomic E-state index is 1.16. The zero-order valence-corrected chi connectivity index (χ0v) is 33.2. The maximum Gasteiger partial charge on any atom is 0.0548 e. The number of nitrogens with zero attached hydrogens (tertiary/aromatic N) is 3. The molecule has 0 saturated heterocycles. The topological polar surface area (TPSA) is 14.8 Å². The summed E-state index contributed by atoms with van der Waals surface area (Å²) >= 11 is 0. The SMILES string of the molecule is c1ccc(-c2cccc(-n3c4ccccc4c4cc(-c5ccc6c(c5)c5cc7c(cc5n6-c5ccc6ccccc6c5)c5ccccc5n7-c5ccccc5)ccc43)c2)cc1. The standard InChI is InChI=1S/C58H37N3/c1-3-14-38(15-4-1)41-18-13-21-45(32-41)60-54-25-12-9-22-47(54)49-34-42(27-30-55(49)60)43-28-31-56-50(35-43)52-37-57-51(48-23-10-11-24-53(48)59(57)44-19-5-2-6-20-44)36-58(52)61(56)46-29-26-39-16-7-8-17-40(39)33-46/h1-37H. The van der Waals surface area contributed by atoms with E-state index in [0.717, 1.165) is 17.1 Å². The van der Waals surface area contributed by atoms with Crippen LogP contribution in [0.3, 0.4) is 0 Å². The number of para-hydroxylation sites is 3. The second-order valence-electron chi connectivity index (χ2n) is 16.2. The summed E-state index contributed by atoms with van der Waals surface area (Å²) in [4.78, 5) is 0. The molecule has 0 spiro atoms. The molecule has 0 fully saturated rings. The van der Waals surface area contributed by atoms with Crippen molar-refractivity contribution in [1.29, 1.82) is 0 Å².